The highest BCUT2D eigenvalue weighted by molar-refractivity contribution is 14.0. The van der Waals surface area contributed by atoms with Gasteiger partial charge < -0.3 is 25.1 Å². The fourth-order valence-electron chi connectivity index (χ4n) is 3.05. The number of carbonyl (C=O) groups is 1. The first kappa shape index (κ1) is 21.8. The van der Waals surface area contributed by atoms with E-state index in [1.165, 1.54) is 11.1 Å². The van der Waals surface area contributed by atoms with Crippen LogP contribution in [0.2, 0.25) is 0 Å². The number of guanidine groups is 1. The van der Waals surface area contributed by atoms with Crippen LogP contribution in [0.3, 0.4) is 0 Å². The molecule has 2 heterocycles. The first-order chi connectivity index (χ1) is 13.1. The van der Waals surface area contributed by atoms with E-state index in [9.17, 15) is 4.79 Å². The summed E-state index contributed by atoms with van der Waals surface area (Å²) in [7, 11) is 3.43. The van der Waals surface area contributed by atoms with Crippen molar-refractivity contribution in [1.29, 1.82) is 0 Å². The Morgan fingerprint density at radius 3 is 2.79 bits per heavy atom. The lowest BCUT2D eigenvalue weighted by molar-refractivity contribution is 0.0972. The van der Waals surface area contributed by atoms with Crippen LogP contribution in [0.4, 0.5) is 0 Å². The molecule has 2 aromatic rings. The summed E-state index contributed by atoms with van der Waals surface area (Å²) >= 11 is 0. The van der Waals surface area contributed by atoms with E-state index in [-0.39, 0.29) is 29.7 Å². The van der Waals surface area contributed by atoms with Crippen LogP contribution in [-0.2, 0) is 6.54 Å². The van der Waals surface area contributed by atoms with Gasteiger partial charge in [0, 0.05) is 20.1 Å². The molecule has 1 amide bonds. The second kappa shape index (κ2) is 10.2. The SMILES string of the molecule is CN=C(NCc1ccc(C(N)=O)o1)N1CC=C(c2cccc(OC)c2)CC1.I. The lowest BCUT2D eigenvalue weighted by atomic mass is 9.99. The minimum Gasteiger partial charge on any atom is -0.497 e. The van der Waals surface area contributed by atoms with Crippen molar-refractivity contribution >= 4 is 41.4 Å². The van der Waals surface area contributed by atoms with Gasteiger partial charge in [0.2, 0.25) is 0 Å². The third-order valence-corrected chi connectivity index (χ3v) is 4.49. The van der Waals surface area contributed by atoms with Gasteiger partial charge in [-0.15, -0.1) is 24.0 Å². The normalized spacial score (nSPS) is 14.1. The zero-order chi connectivity index (χ0) is 19.2. The number of halogens is 1. The minimum atomic E-state index is -0.572. The van der Waals surface area contributed by atoms with Gasteiger partial charge in [0.05, 0.1) is 13.7 Å². The average molecular weight is 496 g/mol. The molecule has 0 bridgehead atoms. The molecule has 0 radical (unpaired) electrons. The van der Waals surface area contributed by atoms with Crippen molar-refractivity contribution in [2.75, 3.05) is 27.2 Å². The highest BCUT2D eigenvalue weighted by Gasteiger charge is 2.17. The average Bonchev–Trinajstić information content (AvgIpc) is 3.18. The maximum Gasteiger partial charge on any atom is 0.284 e. The van der Waals surface area contributed by atoms with Gasteiger partial charge in [-0.25, -0.2) is 0 Å². The summed E-state index contributed by atoms with van der Waals surface area (Å²) < 4.78 is 10.7. The summed E-state index contributed by atoms with van der Waals surface area (Å²) in [4.78, 5) is 17.6. The monoisotopic (exact) mass is 496 g/mol. The van der Waals surface area contributed by atoms with E-state index in [2.05, 4.69) is 33.4 Å². The maximum absolute atomic E-state index is 11.1. The molecule has 0 saturated carbocycles. The fourth-order valence-corrected chi connectivity index (χ4v) is 3.05. The smallest absolute Gasteiger partial charge is 0.284 e. The number of primary amides is 1. The quantitative estimate of drug-likeness (QED) is 0.378. The minimum absolute atomic E-state index is 0. The molecule has 0 fully saturated rings. The van der Waals surface area contributed by atoms with Gasteiger partial charge in [-0.05, 0) is 41.8 Å². The predicted octanol–water partition coefficient (Wildman–Crippen LogP) is 2.87. The highest BCUT2D eigenvalue weighted by atomic mass is 127. The second-order valence-corrected chi connectivity index (χ2v) is 6.19. The van der Waals surface area contributed by atoms with Crippen molar-refractivity contribution in [2.24, 2.45) is 10.7 Å². The molecule has 7 nitrogen and oxygen atoms in total. The Morgan fingerprint density at radius 1 is 1.36 bits per heavy atom. The van der Waals surface area contributed by atoms with Crippen LogP contribution in [-0.4, -0.2) is 44.0 Å². The number of nitrogens with zero attached hydrogens (tertiary/aromatic N) is 2. The van der Waals surface area contributed by atoms with Crippen LogP contribution in [0, 0.1) is 0 Å². The Balaban J connectivity index is 0.00000280. The Hall–Kier alpha value is -2.49. The Kier molecular flexibility index (Phi) is 7.91. The van der Waals surface area contributed by atoms with E-state index in [0.29, 0.717) is 12.3 Å². The molecule has 1 aromatic carbocycles. The largest absolute Gasteiger partial charge is 0.497 e. The molecule has 150 valence electrons. The van der Waals surface area contributed by atoms with Crippen LogP contribution < -0.4 is 15.8 Å². The number of methoxy groups -OCH3 is 1. The van der Waals surface area contributed by atoms with Gasteiger partial charge in [-0.2, -0.15) is 0 Å². The molecule has 0 spiro atoms. The molecular weight excluding hydrogens is 471 g/mol. The zero-order valence-electron chi connectivity index (χ0n) is 16.0. The molecule has 1 aliphatic heterocycles. The molecule has 1 aromatic heterocycles. The first-order valence-electron chi connectivity index (χ1n) is 8.78. The number of nitrogens with one attached hydrogen (secondary N) is 1. The number of hydrogen-bond donors (Lipinski definition) is 2. The molecular formula is C20H25IN4O3. The van der Waals surface area contributed by atoms with E-state index in [1.54, 1.807) is 26.3 Å². The van der Waals surface area contributed by atoms with E-state index in [0.717, 1.165) is 31.2 Å². The van der Waals surface area contributed by atoms with Gasteiger partial charge in [-0.3, -0.25) is 9.79 Å². The Labute approximate surface area is 181 Å². The summed E-state index contributed by atoms with van der Waals surface area (Å²) in [6.07, 6.45) is 3.13. The molecule has 3 rings (SSSR count). The van der Waals surface area contributed by atoms with Crippen LogP contribution in [0.5, 0.6) is 5.75 Å². The van der Waals surface area contributed by atoms with E-state index in [4.69, 9.17) is 14.9 Å². The molecule has 0 saturated heterocycles. The first-order valence-corrected chi connectivity index (χ1v) is 8.78. The summed E-state index contributed by atoms with van der Waals surface area (Å²) in [6.45, 7) is 2.05. The standard InChI is InChI=1S/C20H24N4O3.HI/c1-22-20(23-13-17-6-7-18(27-17)19(21)25)24-10-8-14(9-11-24)15-4-3-5-16(12-15)26-2;/h3-8,12H,9-11,13H2,1-2H3,(H2,21,25)(H,22,23);1H. The maximum atomic E-state index is 11.1. The molecule has 1 aliphatic rings. The van der Waals surface area contributed by atoms with Crippen molar-refractivity contribution in [1.82, 2.24) is 10.2 Å². The second-order valence-electron chi connectivity index (χ2n) is 6.19. The number of aliphatic imine (C=N–C) groups is 1. The Morgan fingerprint density at radius 2 is 2.18 bits per heavy atom. The van der Waals surface area contributed by atoms with Gasteiger partial charge in [0.25, 0.3) is 5.91 Å². The van der Waals surface area contributed by atoms with Gasteiger partial charge in [-0.1, -0.05) is 18.2 Å². The number of amides is 1. The third-order valence-electron chi connectivity index (χ3n) is 4.49. The van der Waals surface area contributed by atoms with E-state index in [1.807, 2.05) is 12.1 Å². The lowest BCUT2D eigenvalue weighted by Crippen LogP contribution is -2.43. The third kappa shape index (κ3) is 5.28. The molecule has 0 unspecified atom stereocenters. The molecule has 0 aliphatic carbocycles. The lowest BCUT2D eigenvalue weighted by Gasteiger charge is -2.29. The number of hydrogen-bond acceptors (Lipinski definition) is 4. The Bertz CT molecular complexity index is 876. The number of benzene rings is 1. The van der Waals surface area contributed by atoms with Gasteiger partial charge >= 0.3 is 0 Å². The number of ether oxygens (including phenoxy) is 1. The van der Waals surface area contributed by atoms with Crippen molar-refractivity contribution < 1.29 is 13.9 Å². The van der Waals surface area contributed by atoms with Crippen molar-refractivity contribution in [2.45, 2.75) is 13.0 Å². The predicted molar refractivity (Wildman–Crippen MR) is 120 cm³/mol. The molecule has 28 heavy (non-hydrogen) atoms. The fraction of sp³-hybridized carbons (Fsp3) is 0.300. The van der Waals surface area contributed by atoms with Crippen molar-refractivity contribution in [3.63, 3.8) is 0 Å². The highest BCUT2D eigenvalue weighted by Crippen LogP contribution is 2.25. The summed E-state index contributed by atoms with van der Waals surface area (Å²) in [5.41, 5.74) is 7.70. The van der Waals surface area contributed by atoms with Crippen LogP contribution >= 0.6 is 24.0 Å². The van der Waals surface area contributed by atoms with Crippen LogP contribution in [0.1, 0.15) is 28.3 Å². The van der Waals surface area contributed by atoms with Gasteiger partial charge in [0.1, 0.15) is 11.5 Å². The van der Waals surface area contributed by atoms with E-state index >= 15 is 0 Å². The van der Waals surface area contributed by atoms with Crippen molar-refractivity contribution in [3.8, 4) is 5.75 Å². The molecule has 3 N–H and O–H groups in total. The van der Waals surface area contributed by atoms with Gasteiger partial charge in [0.15, 0.2) is 11.7 Å². The molecule has 8 heteroatoms. The summed E-state index contributed by atoms with van der Waals surface area (Å²) in [5.74, 6) is 1.87. The number of rotatable bonds is 5. The van der Waals surface area contributed by atoms with Crippen LogP contribution in [0.15, 0.2) is 51.9 Å². The summed E-state index contributed by atoms with van der Waals surface area (Å²) in [6, 6.07) is 11.4. The number of carbonyl (C=O) groups excluding carboxylic acids is 1. The molecule has 0 atom stereocenters. The van der Waals surface area contributed by atoms with Crippen molar-refractivity contribution in [3.05, 3.63) is 59.6 Å². The number of furan rings is 1. The van der Waals surface area contributed by atoms with Crippen LogP contribution in [0.25, 0.3) is 5.57 Å². The zero-order valence-corrected chi connectivity index (χ0v) is 18.3. The topological polar surface area (TPSA) is 93.1 Å². The van der Waals surface area contributed by atoms with E-state index < -0.39 is 5.91 Å². The number of nitrogens with two attached hydrogens (primary N) is 1. The summed E-state index contributed by atoms with van der Waals surface area (Å²) in [5, 5.41) is 3.26.